The molecule has 3 rings (SSSR count). The van der Waals surface area contributed by atoms with E-state index in [2.05, 4.69) is 15.3 Å². The lowest BCUT2D eigenvalue weighted by atomic mass is 10.2. The number of carbonyl (C=O) groups excluding carboxylic acids is 1. The molecule has 0 unspecified atom stereocenters. The Hall–Kier alpha value is -2.67. The largest absolute Gasteiger partial charge is 0.492 e. The third-order valence-electron chi connectivity index (χ3n) is 4.39. The minimum Gasteiger partial charge on any atom is -0.492 e. The number of hydrogen-bond donors (Lipinski definition) is 2. The van der Waals surface area contributed by atoms with Crippen LogP contribution in [0.3, 0.4) is 0 Å². The van der Waals surface area contributed by atoms with Crippen LogP contribution in [0.5, 0.6) is 5.75 Å². The molecule has 0 atom stereocenters. The fourth-order valence-corrected chi connectivity index (χ4v) is 3.78. The van der Waals surface area contributed by atoms with Gasteiger partial charge in [-0.1, -0.05) is 17.7 Å². The predicted octanol–water partition coefficient (Wildman–Crippen LogP) is 3.04. The number of aryl methyl sites for hydroxylation is 4. The number of carbonyl (C=O) groups is 1. The van der Waals surface area contributed by atoms with Gasteiger partial charge in [-0.15, -0.1) is 11.3 Å². The molecule has 7 heteroatoms. The molecule has 6 nitrogen and oxygen atoms in total. The Kier molecular flexibility index (Phi) is 5.91. The molecule has 0 radical (unpaired) electrons. The van der Waals surface area contributed by atoms with Crippen LogP contribution in [-0.4, -0.2) is 29.0 Å². The van der Waals surface area contributed by atoms with E-state index in [1.165, 1.54) is 16.9 Å². The Labute approximate surface area is 161 Å². The predicted molar refractivity (Wildman–Crippen MR) is 108 cm³/mol. The first-order valence-electron chi connectivity index (χ1n) is 8.89. The number of fused-ring (bicyclic) bond motifs is 1. The number of ether oxygens (including phenoxy) is 1. The standard InChI is InChI=1S/C20H23N3O3S/c1-12-4-6-15(7-5-12)26-11-10-21-17(24)9-8-16-22-19(25)18-13(2)14(3)27-20(18)23-16/h4-7H,8-11H2,1-3H3,(H,21,24)(H,22,23,25). The van der Waals surface area contributed by atoms with Gasteiger partial charge in [-0.25, -0.2) is 4.98 Å². The van der Waals surface area contributed by atoms with E-state index in [0.29, 0.717) is 30.8 Å². The van der Waals surface area contributed by atoms with Crippen LogP contribution in [0.25, 0.3) is 10.2 Å². The highest BCUT2D eigenvalue weighted by Crippen LogP contribution is 2.25. The molecular formula is C20H23N3O3S. The average Bonchev–Trinajstić information content (AvgIpc) is 2.93. The lowest BCUT2D eigenvalue weighted by Crippen LogP contribution is -2.28. The maximum absolute atomic E-state index is 12.2. The van der Waals surface area contributed by atoms with Crippen molar-refractivity contribution in [3.05, 3.63) is 56.4 Å². The normalized spacial score (nSPS) is 10.9. The summed E-state index contributed by atoms with van der Waals surface area (Å²) < 4.78 is 5.58. The van der Waals surface area contributed by atoms with Crippen molar-refractivity contribution in [3.8, 4) is 5.75 Å². The van der Waals surface area contributed by atoms with Crippen molar-refractivity contribution in [1.82, 2.24) is 15.3 Å². The summed E-state index contributed by atoms with van der Waals surface area (Å²) in [6, 6.07) is 7.77. The van der Waals surface area contributed by atoms with E-state index in [4.69, 9.17) is 4.74 Å². The van der Waals surface area contributed by atoms with Crippen LogP contribution >= 0.6 is 11.3 Å². The highest BCUT2D eigenvalue weighted by molar-refractivity contribution is 7.18. The van der Waals surface area contributed by atoms with Crippen molar-refractivity contribution in [1.29, 1.82) is 0 Å². The van der Waals surface area contributed by atoms with E-state index in [1.807, 2.05) is 45.0 Å². The van der Waals surface area contributed by atoms with Gasteiger partial charge in [0.15, 0.2) is 0 Å². The number of nitrogens with zero attached hydrogens (tertiary/aromatic N) is 1. The van der Waals surface area contributed by atoms with E-state index in [1.54, 1.807) is 0 Å². The van der Waals surface area contributed by atoms with Gasteiger partial charge < -0.3 is 15.0 Å². The molecule has 27 heavy (non-hydrogen) atoms. The Morgan fingerprint density at radius 3 is 2.70 bits per heavy atom. The van der Waals surface area contributed by atoms with Gasteiger partial charge in [-0.2, -0.15) is 0 Å². The molecule has 0 spiro atoms. The summed E-state index contributed by atoms with van der Waals surface area (Å²) in [6.07, 6.45) is 0.661. The molecule has 2 aromatic heterocycles. The van der Waals surface area contributed by atoms with Crippen molar-refractivity contribution >= 4 is 27.5 Å². The lowest BCUT2D eigenvalue weighted by Gasteiger charge is -2.08. The number of benzene rings is 1. The number of rotatable bonds is 7. The molecule has 0 fully saturated rings. The molecule has 0 saturated heterocycles. The summed E-state index contributed by atoms with van der Waals surface area (Å²) >= 11 is 1.51. The fourth-order valence-electron chi connectivity index (χ4n) is 2.73. The Morgan fingerprint density at radius 2 is 1.96 bits per heavy atom. The van der Waals surface area contributed by atoms with Gasteiger partial charge in [-0.3, -0.25) is 9.59 Å². The van der Waals surface area contributed by atoms with Crippen LogP contribution in [0.15, 0.2) is 29.1 Å². The van der Waals surface area contributed by atoms with E-state index in [9.17, 15) is 9.59 Å². The molecule has 0 saturated carbocycles. The van der Waals surface area contributed by atoms with Crippen molar-refractivity contribution in [2.75, 3.05) is 13.2 Å². The number of thiophene rings is 1. The van der Waals surface area contributed by atoms with E-state index >= 15 is 0 Å². The summed E-state index contributed by atoms with van der Waals surface area (Å²) in [4.78, 5) is 33.3. The zero-order valence-electron chi connectivity index (χ0n) is 15.7. The zero-order chi connectivity index (χ0) is 19.4. The van der Waals surface area contributed by atoms with Gasteiger partial charge in [0.25, 0.3) is 5.56 Å². The van der Waals surface area contributed by atoms with E-state index < -0.39 is 0 Å². The smallest absolute Gasteiger partial charge is 0.259 e. The van der Waals surface area contributed by atoms with Crippen LogP contribution in [0.4, 0.5) is 0 Å². The number of aromatic amines is 1. The fraction of sp³-hybridized carbons (Fsp3) is 0.350. The van der Waals surface area contributed by atoms with Crippen LogP contribution in [-0.2, 0) is 11.2 Å². The average molecular weight is 385 g/mol. The minimum atomic E-state index is -0.135. The number of aromatic nitrogens is 2. The minimum absolute atomic E-state index is 0.0937. The number of H-pyrrole nitrogens is 1. The quantitative estimate of drug-likeness (QED) is 0.612. The van der Waals surface area contributed by atoms with Crippen molar-refractivity contribution < 1.29 is 9.53 Å². The Balaban J connectivity index is 1.47. The molecule has 1 amide bonds. The third-order valence-corrected chi connectivity index (χ3v) is 5.49. The summed E-state index contributed by atoms with van der Waals surface area (Å²) in [7, 11) is 0. The van der Waals surface area contributed by atoms with Crippen molar-refractivity contribution in [2.45, 2.75) is 33.6 Å². The first-order valence-corrected chi connectivity index (χ1v) is 9.71. The van der Waals surface area contributed by atoms with Gasteiger partial charge in [0, 0.05) is 17.7 Å². The SMILES string of the molecule is Cc1ccc(OCCNC(=O)CCc2nc3sc(C)c(C)c3c(=O)[nH]2)cc1. The topological polar surface area (TPSA) is 84.1 Å². The third kappa shape index (κ3) is 4.74. The first kappa shape index (κ1) is 19.1. The van der Waals surface area contributed by atoms with Crippen LogP contribution in [0, 0.1) is 20.8 Å². The molecule has 2 heterocycles. The molecule has 1 aromatic carbocycles. The zero-order valence-corrected chi connectivity index (χ0v) is 16.5. The van der Waals surface area contributed by atoms with Crippen molar-refractivity contribution in [3.63, 3.8) is 0 Å². The highest BCUT2D eigenvalue weighted by Gasteiger charge is 2.12. The summed E-state index contributed by atoms with van der Waals surface area (Å²) in [5, 5.41) is 3.47. The molecule has 0 bridgehead atoms. The van der Waals surface area contributed by atoms with Gasteiger partial charge in [-0.05, 0) is 38.5 Å². The van der Waals surface area contributed by atoms with Gasteiger partial charge in [0.1, 0.15) is 23.0 Å². The lowest BCUT2D eigenvalue weighted by molar-refractivity contribution is -0.121. The first-order chi connectivity index (χ1) is 12.9. The van der Waals surface area contributed by atoms with Gasteiger partial charge in [0.05, 0.1) is 11.9 Å². The van der Waals surface area contributed by atoms with E-state index in [-0.39, 0.29) is 17.9 Å². The summed E-state index contributed by atoms with van der Waals surface area (Å²) in [5.74, 6) is 1.23. The number of amides is 1. The molecule has 3 aromatic rings. The molecule has 0 aliphatic heterocycles. The highest BCUT2D eigenvalue weighted by atomic mass is 32.1. The second-order valence-corrected chi connectivity index (χ2v) is 7.69. The Bertz CT molecular complexity index is 1010. The van der Waals surface area contributed by atoms with E-state index in [0.717, 1.165) is 21.0 Å². The molecule has 0 aliphatic carbocycles. The van der Waals surface area contributed by atoms with Crippen LogP contribution in [0.1, 0.15) is 28.2 Å². The second kappa shape index (κ2) is 8.35. The monoisotopic (exact) mass is 385 g/mol. The molecule has 2 N–H and O–H groups in total. The molecule has 142 valence electrons. The van der Waals surface area contributed by atoms with Crippen LogP contribution in [0.2, 0.25) is 0 Å². The summed E-state index contributed by atoms with van der Waals surface area (Å²) in [5.41, 5.74) is 2.01. The van der Waals surface area contributed by atoms with Gasteiger partial charge in [0.2, 0.25) is 5.91 Å². The van der Waals surface area contributed by atoms with Gasteiger partial charge >= 0.3 is 0 Å². The maximum Gasteiger partial charge on any atom is 0.259 e. The van der Waals surface area contributed by atoms with Crippen molar-refractivity contribution in [2.24, 2.45) is 0 Å². The summed E-state index contributed by atoms with van der Waals surface area (Å²) in [6.45, 7) is 6.76. The maximum atomic E-state index is 12.2. The second-order valence-electron chi connectivity index (χ2n) is 6.49. The van der Waals surface area contributed by atoms with Crippen LogP contribution < -0.4 is 15.6 Å². The molecule has 0 aliphatic rings. The Morgan fingerprint density at radius 1 is 1.22 bits per heavy atom. The number of nitrogens with one attached hydrogen (secondary N) is 2. The number of hydrogen-bond acceptors (Lipinski definition) is 5. The molecular weight excluding hydrogens is 362 g/mol.